The summed E-state index contributed by atoms with van der Waals surface area (Å²) in [4.78, 5) is 76.6. The first-order valence-corrected chi connectivity index (χ1v) is 21.4. The van der Waals surface area contributed by atoms with E-state index < -0.39 is 47.2 Å². The zero-order valence-corrected chi connectivity index (χ0v) is 37.0. The van der Waals surface area contributed by atoms with Gasteiger partial charge in [0.25, 0.3) is 5.91 Å². The quantitative estimate of drug-likeness (QED) is 0.0582. The van der Waals surface area contributed by atoms with E-state index in [4.69, 9.17) is 19.9 Å². The van der Waals surface area contributed by atoms with Gasteiger partial charge in [0.05, 0.1) is 17.5 Å². The number of amides is 4. The summed E-state index contributed by atoms with van der Waals surface area (Å²) in [6, 6.07) is 12.6. The first-order chi connectivity index (χ1) is 28.6. The van der Waals surface area contributed by atoms with Crippen LogP contribution in [-0.4, -0.2) is 82.9 Å². The summed E-state index contributed by atoms with van der Waals surface area (Å²) in [5.74, 6) is -1.40. The highest BCUT2D eigenvalue weighted by Gasteiger charge is 2.35. The molecule has 2 heterocycles. The third-order valence-electron chi connectivity index (χ3n) is 10.6. The molecule has 15 heteroatoms. The maximum absolute atomic E-state index is 13.4. The van der Waals surface area contributed by atoms with Gasteiger partial charge in [-0.05, 0) is 122 Å². The molecule has 3 aromatic rings. The number of rotatable bonds is 15. The van der Waals surface area contributed by atoms with Crippen molar-refractivity contribution in [1.29, 1.82) is 0 Å². The summed E-state index contributed by atoms with van der Waals surface area (Å²) < 4.78 is 18.2. The first kappa shape index (κ1) is 46.5. The predicted molar refractivity (Wildman–Crippen MR) is 233 cm³/mol. The van der Waals surface area contributed by atoms with E-state index in [1.54, 1.807) is 47.6 Å². The van der Waals surface area contributed by atoms with Crippen molar-refractivity contribution in [2.75, 3.05) is 18.4 Å². The maximum atomic E-state index is 13.4. The Bertz CT molecular complexity index is 2100. The van der Waals surface area contributed by atoms with Crippen LogP contribution in [0.1, 0.15) is 134 Å². The predicted octanol–water partition coefficient (Wildman–Crippen LogP) is 7.38. The van der Waals surface area contributed by atoms with Crippen molar-refractivity contribution in [3.63, 3.8) is 0 Å². The Hall–Kier alpha value is -5.60. The number of carbonyl (C=O) groups is 6. The van der Waals surface area contributed by atoms with Crippen molar-refractivity contribution in [2.45, 2.75) is 149 Å². The Balaban J connectivity index is 1.13. The van der Waals surface area contributed by atoms with E-state index in [1.165, 1.54) is 0 Å². The van der Waals surface area contributed by atoms with Gasteiger partial charge in [0, 0.05) is 47.9 Å². The molecule has 0 radical (unpaired) electrons. The summed E-state index contributed by atoms with van der Waals surface area (Å²) in [7, 11) is 0. The van der Waals surface area contributed by atoms with Crippen LogP contribution < -0.4 is 27.0 Å². The molecule has 0 unspecified atom stereocenters. The lowest BCUT2D eigenvalue weighted by molar-refractivity contribution is -0.150. The monoisotopic (exact) mass is 844 g/mol. The molecule has 0 bridgehead atoms. The number of nitrogens with two attached hydrogens (primary N) is 1. The molecule has 1 fully saturated rings. The zero-order valence-electron chi connectivity index (χ0n) is 37.0. The van der Waals surface area contributed by atoms with Crippen LogP contribution >= 0.6 is 0 Å². The molecule has 5 rings (SSSR count). The number of para-hydroxylation sites is 1. The number of esters is 1. The van der Waals surface area contributed by atoms with Crippen molar-refractivity contribution in [3.05, 3.63) is 53.7 Å². The molecule has 1 atom stereocenters. The molecule has 0 spiro atoms. The Morgan fingerprint density at radius 3 is 2.20 bits per heavy atom. The minimum absolute atomic E-state index is 0.00899. The van der Waals surface area contributed by atoms with E-state index in [2.05, 4.69) is 35.1 Å². The van der Waals surface area contributed by atoms with Crippen LogP contribution in [0.25, 0.3) is 22.0 Å². The number of hydrogen-bond donors (Lipinski definition) is 5. The summed E-state index contributed by atoms with van der Waals surface area (Å²) in [6.07, 6.45) is 3.41. The lowest BCUT2D eigenvalue weighted by atomic mass is 9.80. The van der Waals surface area contributed by atoms with Crippen molar-refractivity contribution in [3.8, 4) is 11.1 Å². The van der Waals surface area contributed by atoms with Crippen LogP contribution in [0.4, 0.5) is 15.3 Å². The largest absolute Gasteiger partial charge is 0.462 e. The molecular formula is C46H64N6O9. The molecule has 15 nitrogen and oxygen atoms in total. The molecule has 1 aliphatic carbocycles. The van der Waals surface area contributed by atoms with E-state index in [9.17, 15) is 28.8 Å². The number of unbranched alkanes of at least 4 members (excludes halogenated alkanes) is 1. The highest BCUT2D eigenvalue weighted by atomic mass is 16.6. The third kappa shape index (κ3) is 13.2. The second-order valence-corrected chi connectivity index (χ2v) is 19.0. The average Bonchev–Trinajstić information content (AvgIpc) is 3.46. The molecule has 4 amide bonds. The van der Waals surface area contributed by atoms with Crippen LogP contribution in [0.15, 0.2) is 42.5 Å². The van der Waals surface area contributed by atoms with E-state index in [0.717, 1.165) is 34.1 Å². The van der Waals surface area contributed by atoms with Crippen molar-refractivity contribution in [1.82, 2.24) is 20.5 Å². The summed E-state index contributed by atoms with van der Waals surface area (Å²) >= 11 is 0. The maximum Gasteiger partial charge on any atom is 0.408 e. The molecule has 2 aromatic carbocycles. The van der Waals surface area contributed by atoms with Gasteiger partial charge in [-0.15, -0.1) is 0 Å². The second-order valence-electron chi connectivity index (χ2n) is 19.0. The molecule has 1 aromatic heterocycles. The van der Waals surface area contributed by atoms with Crippen LogP contribution in [0.5, 0.6) is 0 Å². The average molecular weight is 845 g/mol. The number of aromatic nitrogens is 1. The van der Waals surface area contributed by atoms with Crippen molar-refractivity contribution in [2.24, 2.45) is 11.1 Å². The van der Waals surface area contributed by atoms with Gasteiger partial charge in [0.2, 0.25) is 11.8 Å². The van der Waals surface area contributed by atoms with E-state index in [-0.39, 0.29) is 42.9 Å². The highest BCUT2D eigenvalue weighted by Crippen LogP contribution is 2.43. The lowest BCUT2D eigenvalue weighted by Crippen LogP contribution is -2.48. The van der Waals surface area contributed by atoms with E-state index >= 15 is 0 Å². The van der Waals surface area contributed by atoms with Gasteiger partial charge < -0.3 is 41.2 Å². The van der Waals surface area contributed by atoms with Gasteiger partial charge in [-0.2, -0.15) is 0 Å². The Labute approximate surface area is 358 Å². The molecule has 1 aliphatic heterocycles. The fourth-order valence-corrected chi connectivity index (χ4v) is 8.00. The lowest BCUT2D eigenvalue weighted by Gasteiger charge is -2.31. The number of ether oxygens (including phenoxy) is 3. The number of primary amides is 1. The van der Waals surface area contributed by atoms with Gasteiger partial charge >= 0.3 is 18.2 Å². The molecule has 2 aliphatic rings. The number of nitrogens with zero attached hydrogens (tertiary/aromatic N) is 1. The number of benzene rings is 2. The fraction of sp³-hybridized carbons (Fsp3) is 0.565. The fourth-order valence-electron chi connectivity index (χ4n) is 8.00. The molecule has 1 saturated carbocycles. The minimum Gasteiger partial charge on any atom is -0.462 e. The van der Waals surface area contributed by atoms with Gasteiger partial charge in [-0.3, -0.25) is 23.7 Å². The number of anilines is 1. The standard InChI is InChI=1S/C46H64N6O9/c1-44(2,3)60-42(57)49-23-12-11-14-33(51-43(58)61-45(4,5)6)41(56)48-24-22-38(54)59-30-19-17-29(18-20-30)50-34-25-28(16-21-31(34)40(47)55)39-32-13-9-10-15-35(32)52-36(39)26-46(7,8)27-37(52)53/h9-10,13,15-16,21,25,29-30,33,50H,11-12,14,17-20,22-24,26-27H2,1-8H3,(H2,47,55)(H,48,56)(H,49,57)(H,51,58)/t29-,30-,33-/m0/s1. The number of fused-ring (bicyclic) bond motifs is 3. The van der Waals surface area contributed by atoms with E-state index in [1.807, 2.05) is 41.0 Å². The van der Waals surface area contributed by atoms with Crippen LogP contribution in [0.3, 0.4) is 0 Å². The number of hydrogen-bond acceptors (Lipinski definition) is 10. The van der Waals surface area contributed by atoms with Gasteiger partial charge in [0.1, 0.15) is 23.3 Å². The van der Waals surface area contributed by atoms with Crippen LogP contribution in [-0.2, 0) is 30.2 Å². The molecule has 332 valence electrons. The zero-order chi connectivity index (χ0) is 44.7. The Morgan fingerprint density at radius 1 is 0.852 bits per heavy atom. The Morgan fingerprint density at radius 2 is 1.52 bits per heavy atom. The summed E-state index contributed by atoms with van der Waals surface area (Å²) in [5, 5.41) is 12.6. The van der Waals surface area contributed by atoms with Crippen LogP contribution in [0, 0.1) is 5.41 Å². The normalized spacial score (nSPS) is 18.0. The van der Waals surface area contributed by atoms with Crippen molar-refractivity contribution < 1.29 is 43.0 Å². The molecule has 6 N–H and O–H groups in total. The SMILES string of the molecule is CC1(C)CC(=O)n2c(c(-c3ccc(C(N)=O)c(N[C@H]4CC[C@H](OC(=O)CCNC(=O)[C@H](CCCCNC(=O)OC(C)(C)C)NC(=O)OC(C)(C)C)CC4)c3)c3ccccc32)C1. The molecule has 61 heavy (non-hydrogen) atoms. The van der Waals surface area contributed by atoms with Crippen molar-refractivity contribution >= 4 is 52.5 Å². The second kappa shape index (κ2) is 19.4. The molecule has 0 saturated heterocycles. The van der Waals surface area contributed by atoms with E-state index in [0.29, 0.717) is 62.7 Å². The van der Waals surface area contributed by atoms with Gasteiger partial charge in [0.15, 0.2) is 0 Å². The number of carbonyl (C=O) groups excluding carboxylic acids is 6. The minimum atomic E-state index is -0.921. The summed E-state index contributed by atoms with van der Waals surface area (Å²) in [6.45, 7) is 15.1. The highest BCUT2D eigenvalue weighted by molar-refractivity contribution is 6.06. The summed E-state index contributed by atoms with van der Waals surface area (Å²) in [5.41, 5.74) is 8.93. The van der Waals surface area contributed by atoms with Gasteiger partial charge in [-0.1, -0.05) is 38.1 Å². The smallest absolute Gasteiger partial charge is 0.408 e. The van der Waals surface area contributed by atoms with Crippen LogP contribution in [0.2, 0.25) is 0 Å². The number of nitrogens with one attached hydrogen (secondary N) is 4. The van der Waals surface area contributed by atoms with Gasteiger partial charge in [-0.25, -0.2) is 9.59 Å². The Kier molecular flexibility index (Phi) is 14.8. The first-order valence-electron chi connectivity index (χ1n) is 21.4. The third-order valence-corrected chi connectivity index (χ3v) is 10.6. The topological polar surface area (TPSA) is 209 Å². The molecular weight excluding hydrogens is 781 g/mol. The number of alkyl carbamates (subject to hydrolysis) is 2.